The number of nitrogens with zero attached hydrogens (tertiary/aromatic N) is 4. The number of piperidine rings is 1. The summed E-state index contributed by atoms with van der Waals surface area (Å²) in [6.45, 7) is 0.229. The van der Waals surface area contributed by atoms with Gasteiger partial charge in [0.05, 0.1) is 12.2 Å². The smallest absolute Gasteiger partial charge is 0.337 e. The molecule has 1 saturated heterocycles. The van der Waals surface area contributed by atoms with E-state index in [2.05, 4.69) is 9.82 Å². The number of hydrogen-bond acceptors (Lipinski definition) is 4. The Morgan fingerprint density at radius 2 is 1.65 bits per heavy atom. The predicted octanol–water partition coefficient (Wildman–Crippen LogP) is 4.03. The third-order valence-electron chi connectivity index (χ3n) is 6.59. The molecule has 1 N–H and O–H groups in total. The monoisotopic (exact) mass is 551 g/mol. The van der Waals surface area contributed by atoms with Crippen LogP contribution in [0.15, 0.2) is 12.1 Å². The molecule has 2 aromatic rings. The highest BCUT2D eigenvalue weighted by Gasteiger charge is 2.42. The number of likely N-dealkylation sites (tertiary alicyclic amines) is 1. The van der Waals surface area contributed by atoms with Crippen LogP contribution < -0.4 is 4.84 Å². The van der Waals surface area contributed by atoms with Gasteiger partial charge in [0.1, 0.15) is 5.82 Å². The number of amides is 2. The number of rotatable bonds is 6. The first-order valence-corrected chi connectivity index (χ1v) is 12.1. The van der Waals surface area contributed by atoms with E-state index < -0.39 is 47.3 Å². The molecule has 1 fully saturated rings. The fourth-order valence-electron chi connectivity index (χ4n) is 4.69. The Hall–Kier alpha value is -2.80. The van der Waals surface area contributed by atoms with Gasteiger partial charge in [-0.2, -0.15) is 13.2 Å². The van der Waals surface area contributed by atoms with Crippen molar-refractivity contribution in [2.24, 2.45) is 0 Å². The molecule has 0 bridgehead atoms. The van der Waals surface area contributed by atoms with Gasteiger partial charge in [-0.1, -0.05) is 0 Å². The molecule has 14 heteroatoms. The van der Waals surface area contributed by atoms with E-state index in [1.807, 2.05) is 0 Å². The topological polar surface area (TPSA) is 70.5 Å². The third-order valence-corrected chi connectivity index (χ3v) is 6.90. The summed E-state index contributed by atoms with van der Waals surface area (Å²) in [6.07, 6.45) is -2.94. The highest BCUT2D eigenvalue weighted by atomic mass is 35.5. The van der Waals surface area contributed by atoms with Gasteiger partial charge in [-0.15, -0.1) is 0 Å². The van der Waals surface area contributed by atoms with Gasteiger partial charge in [-0.3, -0.25) is 9.59 Å². The Balaban J connectivity index is 1.53. The molecule has 0 saturated carbocycles. The first-order valence-electron chi connectivity index (χ1n) is 11.7. The maximum absolute atomic E-state index is 14.0. The molecule has 2 aliphatic heterocycles. The van der Waals surface area contributed by atoms with Crippen molar-refractivity contribution in [1.82, 2.24) is 24.2 Å². The maximum Gasteiger partial charge on any atom is 0.449 e. The molecule has 37 heavy (non-hydrogen) atoms. The van der Waals surface area contributed by atoms with E-state index in [0.29, 0.717) is 25.2 Å². The van der Waals surface area contributed by atoms with Crippen LogP contribution in [0.4, 0.5) is 26.3 Å². The summed E-state index contributed by atoms with van der Waals surface area (Å²) >= 11 is 5.71. The first kappa shape index (κ1) is 27.2. The molecule has 1 atom stereocenters. The van der Waals surface area contributed by atoms with Crippen LogP contribution in [0.25, 0.3) is 0 Å². The van der Waals surface area contributed by atoms with Crippen molar-refractivity contribution in [1.29, 1.82) is 0 Å². The molecule has 0 spiro atoms. The zero-order chi connectivity index (χ0) is 26.9. The molecular weight excluding hydrogens is 528 g/mol. The van der Waals surface area contributed by atoms with Gasteiger partial charge in [0.15, 0.2) is 17.3 Å². The van der Waals surface area contributed by atoms with Crippen molar-refractivity contribution in [3.63, 3.8) is 0 Å². The van der Waals surface area contributed by atoms with Gasteiger partial charge in [0.2, 0.25) is 11.7 Å². The number of aromatic nitrogens is 2. The molecule has 1 unspecified atom stereocenters. The molecule has 3 heterocycles. The number of imidazole rings is 1. The van der Waals surface area contributed by atoms with Crippen LogP contribution in [0.5, 0.6) is 0 Å². The SMILES string of the molecule is O=C(CC(Cc1cc(F)c(F)cc1F)NCl)N1CCn2c(C(F)(F)F)nc(C(=O)N3CCCCC3)c2C1. The van der Waals surface area contributed by atoms with Crippen LogP contribution in [0.1, 0.15) is 53.3 Å². The van der Waals surface area contributed by atoms with Crippen molar-refractivity contribution < 1.29 is 35.9 Å². The summed E-state index contributed by atoms with van der Waals surface area (Å²) in [5.41, 5.74) is -0.544. The van der Waals surface area contributed by atoms with E-state index >= 15 is 0 Å². The van der Waals surface area contributed by atoms with Crippen LogP contribution in [-0.4, -0.2) is 56.8 Å². The Kier molecular flexibility index (Phi) is 8.02. The van der Waals surface area contributed by atoms with E-state index in [-0.39, 0.29) is 49.4 Å². The number of benzene rings is 1. The van der Waals surface area contributed by atoms with Gasteiger partial charge in [0, 0.05) is 44.7 Å². The van der Waals surface area contributed by atoms with E-state index in [1.54, 1.807) is 0 Å². The average Bonchev–Trinajstić information content (AvgIpc) is 3.26. The molecule has 7 nitrogen and oxygen atoms in total. The van der Waals surface area contributed by atoms with Gasteiger partial charge in [0.25, 0.3) is 5.91 Å². The van der Waals surface area contributed by atoms with Crippen molar-refractivity contribution in [3.8, 4) is 0 Å². The predicted molar refractivity (Wildman–Crippen MR) is 120 cm³/mol. The highest BCUT2D eigenvalue weighted by molar-refractivity contribution is 6.13. The molecule has 1 aromatic carbocycles. The minimum Gasteiger partial charge on any atom is -0.337 e. The number of hydrogen-bond donors (Lipinski definition) is 1. The van der Waals surface area contributed by atoms with E-state index in [1.165, 1.54) is 9.80 Å². The Morgan fingerprint density at radius 1 is 0.973 bits per heavy atom. The van der Waals surface area contributed by atoms with Gasteiger partial charge >= 0.3 is 6.18 Å². The van der Waals surface area contributed by atoms with Crippen LogP contribution >= 0.6 is 11.8 Å². The van der Waals surface area contributed by atoms with Crippen LogP contribution in [-0.2, 0) is 30.5 Å². The van der Waals surface area contributed by atoms with Crippen molar-refractivity contribution in [3.05, 3.63) is 52.4 Å². The zero-order valence-electron chi connectivity index (χ0n) is 19.6. The number of fused-ring (bicyclic) bond motifs is 1. The van der Waals surface area contributed by atoms with Crippen molar-refractivity contribution in [2.75, 3.05) is 19.6 Å². The van der Waals surface area contributed by atoms with Crippen LogP contribution in [0, 0.1) is 17.5 Å². The number of nitrogens with one attached hydrogen (secondary N) is 1. The Bertz CT molecular complexity index is 1180. The van der Waals surface area contributed by atoms with Gasteiger partial charge in [-0.05, 0) is 49.1 Å². The van der Waals surface area contributed by atoms with Crippen LogP contribution in [0.3, 0.4) is 0 Å². The summed E-state index contributed by atoms with van der Waals surface area (Å²) in [4.78, 5) is 34.8. The van der Waals surface area contributed by atoms with Crippen LogP contribution in [0.2, 0.25) is 0 Å². The summed E-state index contributed by atoms with van der Waals surface area (Å²) in [5.74, 6) is -5.95. The molecule has 2 aliphatic rings. The largest absolute Gasteiger partial charge is 0.449 e. The lowest BCUT2D eigenvalue weighted by molar-refractivity contribution is -0.148. The van der Waals surface area contributed by atoms with E-state index in [9.17, 15) is 35.9 Å². The minimum atomic E-state index is -4.79. The molecular formula is C23H24ClF6N5O2. The fraction of sp³-hybridized carbons (Fsp3) is 0.522. The molecule has 1 aromatic heterocycles. The van der Waals surface area contributed by atoms with Crippen molar-refractivity contribution >= 4 is 23.6 Å². The normalized spacial score (nSPS) is 17.1. The second-order valence-corrected chi connectivity index (χ2v) is 9.34. The molecule has 4 rings (SSSR count). The maximum atomic E-state index is 14.0. The highest BCUT2D eigenvalue weighted by Crippen LogP contribution is 2.33. The molecule has 2 amide bonds. The minimum absolute atomic E-state index is 0.00969. The average molecular weight is 552 g/mol. The van der Waals surface area contributed by atoms with E-state index in [0.717, 1.165) is 23.8 Å². The summed E-state index contributed by atoms with van der Waals surface area (Å²) in [6, 6.07) is 0.177. The molecule has 0 radical (unpaired) electrons. The van der Waals surface area contributed by atoms with Gasteiger partial charge in [-0.25, -0.2) is 23.0 Å². The second kappa shape index (κ2) is 10.9. The number of halogens is 7. The zero-order valence-corrected chi connectivity index (χ0v) is 20.3. The lowest BCUT2D eigenvalue weighted by Crippen LogP contribution is -2.43. The summed E-state index contributed by atoms with van der Waals surface area (Å²) < 4.78 is 82.7. The summed E-state index contributed by atoms with van der Waals surface area (Å²) in [7, 11) is 0. The third kappa shape index (κ3) is 5.87. The standard InChI is InChI=1S/C23H24ClF6N5O2/c24-32-14(8-13-9-16(26)17(27)11-15(13)25)10-19(36)34-6-7-35-18(12-34)20(31-22(35)23(28,29)30)21(37)33-4-2-1-3-5-33/h9,11,14,32H,1-8,10,12H2. The second-order valence-electron chi connectivity index (χ2n) is 9.12. The lowest BCUT2D eigenvalue weighted by atomic mass is 10.0. The van der Waals surface area contributed by atoms with E-state index in [4.69, 9.17) is 11.8 Å². The Labute approximate surface area is 213 Å². The number of carbonyl (C=O) groups excluding carboxylic acids is 2. The molecule has 202 valence electrons. The number of carbonyl (C=O) groups is 2. The van der Waals surface area contributed by atoms with Crippen molar-refractivity contribution in [2.45, 2.75) is 57.4 Å². The first-order chi connectivity index (χ1) is 17.5. The summed E-state index contributed by atoms with van der Waals surface area (Å²) in [5, 5.41) is 0. The lowest BCUT2D eigenvalue weighted by Gasteiger charge is -2.31. The number of alkyl halides is 3. The van der Waals surface area contributed by atoms with Gasteiger partial charge < -0.3 is 14.4 Å². The quantitative estimate of drug-likeness (QED) is 0.334. The fourth-order valence-corrected chi connectivity index (χ4v) is 4.84. The molecule has 0 aliphatic carbocycles. The Morgan fingerprint density at radius 3 is 2.30 bits per heavy atom.